The van der Waals surface area contributed by atoms with E-state index in [0.29, 0.717) is 5.69 Å². The van der Waals surface area contributed by atoms with E-state index in [1.54, 1.807) is 30.3 Å². The van der Waals surface area contributed by atoms with Crippen molar-refractivity contribution in [3.05, 3.63) is 82.4 Å². The molecule has 181 valence electrons. The van der Waals surface area contributed by atoms with Gasteiger partial charge in [-0.05, 0) is 30.2 Å². The number of ether oxygens (including phenoxy) is 1. The quantitative estimate of drug-likeness (QED) is 0.151. The van der Waals surface area contributed by atoms with Crippen molar-refractivity contribution in [2.45, 2.75) is 18.7 Å². The molecule has 9 nitrogen and oxygen atoms in total. The first-order chi connectivity index (χ1) is 16.5. The average Bonchev–Trinajstić information content (AvgIpc) is 2.81. The standard InChI is InChI=1S/C25H22N2O7S.Na/c1-13(2)12-34-25(30)14-6-5-7-15(10-14)27-18-11-19(35(31,32)33)22(26)21-20(18)23(28)16-8-3-4-9-17(16)24(21)29;/h3-11,13,27H,12,26H2,1-2H3,(H,31,32,33);. The number of hydrogen-bond donors (Lipinski definition) is 3. The van der Waals surface area contributed by atoms with Gasteiger partial charge < -0.3 is 15.8 Å². The van der Waals surface area contributed by atoms with E-state index >= 15 is 0 Å². The molecule has 4 rings (SSSR count). The molecular formula is C25H22N2NaO7S. The third-order valence-electron chi connectivity index (χ3n) is 5.40. The third kappa shape index (κ3) is 5.23. The molecule has 11 heteroatoms. The average molecular weight is 518 g/mol. The van der Waals surface area contributed by atoms with Crippen LogP contribution < -0.4 is 11.1 Å². The van der Waals surface area contributed by atoms with Gasteiger partial charge in [-0.3, -0.25) is 14.1 Å². The Labute approximate surface area is 230 Å². The largest absolute Gasteiger partial charge is 0.462 e. The number of anilines is 3. The fourth-order valence-electron chi connectivity index (χ4n) is 3.81. The maximum absolute atomic E-state index is 13.4. The third-order valence-corrected chi connectivity index (χ3v) is 6.30. The molecule has 0 saturated heterocycles. The molecule has 0 spiro atoms. The monoisotopic (exact) mass is 517 g/mol. The smallest absolute Gasteiger partial charge is 0.338 e. The molecule has 0 fully saturated rings. The Kier molecular flexibility index (Phi) is 8.07. The molecule has 0 unspecified atom stereocenters. The molecule has 3 aromatic carbocycles. The van der Waals surface area contributed by atoms with E-state index in [2.05, 4.69) is 5.32 Å². The van der Waals surface area contributed by atoms with Gasteiger partial charge in [0.25, 0.3) is 10.1 Å². The minimum atomic E-state index is -4.84. The number of rotatable bonds is 6. The maximum atomic E-state index is 13.4. The molecular weight excluding hydrogens is 495 g/mol. The van der Waals surface area contributed by atoms with Crippen LogP contribution in [-0.4, -0.2) is 66.7 Å². The van der Waals surface area contributed by atoms with Gasteiger partial charge in [0.1, 0.15) is 4.90 Å². The number of nitrogen functional groups attached to an aromatic ring is 1. The van der Waals surface area contributed by atoms with Gasteiger partial charge in [0, 0.05) is 46.4 Å². The topological polar surface area (TPSA) is 153 Å². The summed E-state index contributed by atoms with van der Waals surface area (Å²) in [4.78, 5) is 38.3. The summed E-state index contributed by atoms with van der Waals surface area (Å²) in [6.07, 6.45) is 0. The molecule has 0 aliphatic heterocycles. The van der Waals surface area contributed by atoms with E-state index in [-0.39, 0.29) is 75.6 Å². The number of fused-ring (bicyclic) bond motifs is 2. The number of nitrogens with two attached hydrogens (primary N) is 1. The summed E-state index contributed by atoms with van der Waals surface area (Å²) in [5, 5.41) is 2.90. The van der Waals surface area contributed by atoms with Crippen LogP contribution in [0.15, 0.2) is 59.5 Å². The van der Waals surface area contributed by atoms with Crippen molar-refractivity contribution in [1.29, 1.82) is 0 Å². The van der Waals surface area contributed by atoms with Crippen molar-refractivity contribution < 1.29 is 32.1 Å². The molecule has 0 aromatic heterocycles. The van der Waals surface area contributed by atoms with Crippen LogP contribution in [0.2, 0.25) is 0 Å². The Morgan fingerprint density at radius 1 is 1.00 bits per heavy atom. The summed E-state index contributed by atoms with van der Waals surface area (Å²) in [7, 11) is -4.84. The molecule has 0 atom stereocenters. The fraction of sp³-hybridized carbons (Fsp3) is 0.160. The van der Waals surface area contributed by atoms with Crippen molar-refractivity contribution >= 4 is 74.3 Å². The van der Waals surface area contributed by atoms with Crippen LogP contribution in [0.25, 0.3) is 0 Å². The van der Waals surface area contributed by atoms with E-state index in [1.165, 1.54) is 18.2 Å². The van der Waals surface area contributed by atoms with E-state index < -0.39 is 38.2 Å². The number of carbonyl (C=O) groups is 3. The van der Waals surface area contributed by atoms with E-state index in [9.17, 15) is 27.4 Å². The Morgan fingerprint density at radius 3 is 2.19 bits per heavy atom. The summed E-state index contributed by atoms with van der Waals surface area (Å²) >= 11 is 0. The van der Waals surface area contributed by atoms with E-state index in [4.69, 9.17) is 10.5 Å². The zero-order valence-electron chi connectivity index (χ0n) is 19.9. The molecule has 0 amide bonds. The zero-order chi connectivity index (χ0) is 25.5. The van der Waals surface area contributed by atoms with Gasteiger partial charge in [-0.2, -0.15) is 8.42 Å². The predicted molar refractivity (Wildman–Crippen MR) is 135 cm³/mol. The molecule has 0 saturated carbocycles. The maximum Gasteiger partial charge on any atom is 0.338 e. The molecule has 0 heterocycles. The van der Waals surface area contributed by atoms with Crippen molar-refractivity contribution in [3.8, 4) is 0 Å². The van der Waals surface area contributed by atoms with Crippen LogP contribution in [0, 0.1) is 5.92 Å². The SMILES string of the molecule is CC(C)COC(=O)c1cccc(Nc2cc(S(=O)(=O)O)c(N)c3c2C(=O)c2ccccc2C3=O)c1.[Na]. The molecule has 4 N–H and O–H groups in total. The predicted octanol–water partition coefficient (Wildman–Crippen LogP) is 3.47. The van der Waals surface area contributed by atoms with Gasteiger partial charge in [0.05, 0.1) is 34.7 Å². The number of nitrogens with one attached hydrogen (secondary N) is 1. The molecule has 36 heavy (non-hydrogen) atoms. The second kappa shape index (κ2) is 10.5. The van der Waals surface area contributed by atoms with Gasteiger partial charge in [-0.15, -0.1) is 0 Å². The van der Waals surface area contributed by atoms with Crippen molar-refractivity contribution in [2.24, 2.45) is 5.92 Å². The van der Waals surface area contributed by atoms with Crippen LogP contribution >= 0.6 is 0 Å². The van der Waals surface area contributed by atoms with E-state index in [0.717, 1.165) is 6.07 Å². The Bertz CT molecular complexity index is 1500. The molecule has 3 aromatic rings. The number of hydrogen-bond acceptors (Lipinski definition) is 8. The van der Waals surface area contributed by atoms with Gasteiger partial charge in [-0.25, -0.2) is 4.79 Å². The summed E-state index contributed by atoms with van der Waals surface area (Å²) in [6.45, 7) is 4.03. The molecule has 1 radical (unpaired) electrons. The number of benzene rings is 3. The second-order valence-electron chi connectivity index (χ2n) is 8.46. The van der Waals surface area contributed by atoms with Gasteiger partial charge in [0.15, 0.2) is 11.6 Å². The Balaban J connectivity index is 0.00000361. The van der Waals surface area contributed by atoms with Crippen LogP contribution in [-0.2, 0) is 14.9 Å². The fourth-order valence-corrected chi connectivity index (χ4v) is 4.46. The molecule has 1 aliphatic carbocycles. The summed E-state index contributed by atoms with van der Waals surface area (Å²) in [5.41, 5.74) is 5.69. The first-order valence-electron chi connectivity index (χ1n) is 10.7. The summed E-state index contributed by atoms with van der Waals surface area (Å²) < 4.78 is 39.1. The van der Waals surface area contributed by atoms with Gasteiger partial charge in [0.2, 0.25) is 0 Å². The second-order valence-corrected chi connectivity index (χ2v) is 9.85. The Hall–Kier alpha value is -3.02. The first-order valence-corrected chi connectivity index (χ1v) is 12.1. The van der Waals surface area contributed by atoms with E-state index in [1.807, 2.05) is 13.8 Å². The molecule has 1 aliphatic rings. The zero-order valence-corrected chi connectivity index (χ0v) is 22.7. The van der Waals surface area contributed by atoms with Crippen LogP contribution in [0.4, 0.5) is 17.1 Å². The van der Waals surface area contributed by atoms with Gasteiger partial charge >= 0.3 is 5.97 Å². The van der Waals surface area contributed by atoms with Crippen molar-refractivity contribution in [3.63, 3.8) is 0 Å². The van der Waals surface area contributed by atoms with Crippen molar-refractivity contribution in [1.82, 2.24) is 0 Å². The summed E-state index contributed by atoms with van der Waals surface area (Å²) in [5.74, 6) is -1.60. The van der Waals surface area contributed by atoms with Crippen LogP contribution in [0.3, 0.4) is 0 Å². The summed E-state index contributed by atoms with van der Waals surface area (Å²) in [6, 6.07) is 13.3. The van der Waals surface area contributed by atoms with Gasteiger partial charge in [-0.1, -0.05) is 44.2 Å². The number of carbonyl (C=O) groups excluding carboxylic acids is 3. The van der Waals surface area contributed by atoms with Crippen LogP contribution in [0.1, 0.15) is 56.0 Å². The normalized spacial score (nSPS) is 12.4. The molecule has 0 bridgehead atoms. The number of ketones is 2. The minimum Gasteiger partial charge on any atom is -0.462 e. The Morgan fingerprint density at radius 2 is 1.61 bits per heavy atom. The van der Waals surface area contributed by atoms with Crippen LogP contribution in [0.5, 0.6) is 0 Å². The number of esters is 1. The minimum absolute atomic E-state index is 0. The van der Waals surface area contributed by atoms with Crippen molar-refractivity contribution in [2.75, 3.05) is 17.7 Å². The first kappa shape index (κ1) is 27.6.